The van der Waals surface area contributed by atoms with Gasteiger partial charge in [0, 0.05) is 10.0 Å². The van der Waals surface area contributed by atoms with Crippen molar-refractivity contribution in [2.45, 2.75) is 0 Å². The summed E-state index contributed by atoms with van der Waals surface area (Å²) < 4.78 is 6.37. The summed E-state index contributed by atoms with van der Waals surface area (Å²) in [6.45, 7) is 0. The van der Waals surface area contributed by atoms with Crippen LogP contribution in [0.15, 0.2) is 53.0 Å². The highest BCUT2D eigenvalue weighted by atomic mass is 79.9. The van der Waals surface area contributed by atoms with Crippen molar-refractivity contribution >= 4 is 33.3 Å². The van der Waals surface area contributed by atoms with Crippen molar-refractivity contribution in [2.75, 3.05) is 5.88 Å². The number of hydrogen-bond donors (Lipinski definition) is 0. The molecule has 0 radical (unpaired) electrons. The summed E-state index contributed by atoms with van der Waals surface area (Å²) >= 11 is 8.88. The van der Waals surface area contributed by atoms with E-state index in [1.54, 1.807) is 18.2 Å². The Balaban J connectivity index is 2.27. The van der Waals surface area contributed by atoms with E-state index in [0.717, 1.165) is 5.75 Å². The lowest BCUT2D eigenvalue weighted by Crippen LogP contribution is -2.01. The van der Waals surface area contributed by atoms with Crippen LogP contribution >= 0.6 is 27.5 Å². The number of alkyl halides is 1. The van der Waals surface area contributed by atoms with Crippen LogP contribution in [0.3, 0.4) is 0 Å². The molecule has 4 heteroatoms. The van der Waals surface area contributed by atoms with Crippen LogP contribution in [0.4, 0.5) is 0 Å². The number of carbonyl (C=O) groups excluding carboxylic acids is 1. The van der Waals surface area contributed by atoms with E-state index in [1.165, 1.54) is 0 Å². The highest BCUT2D eigenvalue weighted by Crippen LogP contribution is 2.27. The van der Waals surface area contributed by atoms with Gasteiger partial charge in [0.1, 0.15) is 11.5 Å². The summed E-state index contributed by atoms with van der Waals surface area (Å²) in [7, 11) is 0. The summed E-state index contributed by atoms with van der Waals surface area (Å²) in [6.07, 6.45) is 0. The number of para-hydroxylation sites is 1. The predicted octanol–water partition coefficient (Wildman–Crippen LogP) is 4.66. The Bertz CT molecular complexity index is 555. The number of Topliss-reactive ketones (excluding diaryl/α,β-unsaturated/α-hetero) is 1. The standard InChI is InChI=1S/C14H10BrClO2/c15-13-7-6-11(8-12(13)14(17)9-16)18-10-4-2-1-3-5-10/h1-8H,9H2. The lowest BCUT2D eigenvalue weighted by atomic mass is 10.1. The van der Waals surface area contributed by atoms with Gasteiger partial charge in [-0.15, -0.1) is 11.6 Å². The van der Waals surface area contributed by atoms with E-state index in [0.29, 0.717) is 15.8 Å². The van der Waals surface area contributed by atoms with E-state index in [4.69, 9.17) is 16.3 Å². The molecule has 0 saturated heterocycles. The minimum atomic E-state index is -0.137. The molecule has 0 N–H and O–H groups in total. The second-order valence-corrected chi connectivity index (χ2v) is 4.74. The molecule has 92 valence electrons. The van der Waals surface area contributed by atoms with Crippen molar-refractivity contribution in [3.63, 3.8) is 0 Å². The van der Waals surface area contributed by atoms with Gasteiger partial charge in [0.15, 0.2) is 5.78 Å². The smallest absolute Gasteiger partial charge is 0.178 e. The van der Waals surface area contributed by atoms with Crippen LogP contribution < -0.4 is 4.74 Å². The highest BCUT2D eigenvalue weighted by molar-refractivity contribution is 9.10. The van der Waals surface area contributed by atoms with Crippen LogP contribution in [0, 0.1) is 0 Å². The van der Waals surface area contributed by atoms with Crippen molar-refractivity contribution in [1.29, 1.82) is 0 Å². The molecule has 0 aliphatic rings. The Morgan fingerprint density at radius 1 is 1.11 bits per heavy atom. The third-order valence-electron chi connectivity index (χ3n) is 2.34. The molecule has 18 heavy (non-hydrogen) atoms. The molecule has 2 aromatic carbocycles. The van der Waals surface area contributed by atoms with E-state index in [1.807, 2.05) is 30.3 Å². The summed E-state index contributed by atoms with van der Waals surface area (Å²) in [5.41, 5.74) is 0.526. The number of ketones is 1. The molecule has 2 nitrogen and oxygen atoms in total. The third kappa shape index (κ3) is 3.12. The van der Waals surface area contributed by atoms with Gasteiger partial charge < -0.3 is 4.74 Å². The normalized spacial score (nSPS) is 10.1. The first-order chi connectivity index (χ1) is 8.70. The fourth-order valence-corrected chi connectivity index (χ4v) is 2.09. The fraction of sp³-hybridized carbons (Fsp3) is 0.0714. The molecular formula is C14H10BrClO2. The third-order valence-corrected chi connectivity index (χ3v) is 3.27. The molecule has 2 aromatic rings. The Kier molecular flexibility index (Phi) is 4.39. The lowest BCUT2D eigenvalue weighted by molar-refractivity contribution is 0.102. The van der Waals surface area contributed by atoms with Crippen LogP contribution in [-0.2, 0) is 0 Å². The van der Waals surface area contributed by atoms with Gasteiger partial charge in [-0.25, -0.2) is 0 Å². The monoisotopic (exact) mass is 324 g/mol. The van der Waals surface area contributed by atoms with Gasteiger partial charge in [0.05, 0.1) is 5.88 Å². The average Bonchev–Trinajstić information content (AvgIpc) is 2.41. The average molecular weight is 326 g/mol. The number of carbonyl (C=O) groups is 1. The van der Waals surface area contributed by atoms with Crippen molar-refractivity contribution in [2.24, 2.45) is 0 Å². The van der Waals surface area contributed by atoms with Crippen molar-refractivity contribution < 1.29 is 9.53 Å². The maximum atomic E-state index is 11.6. The van der Waals surface area contributed by atoms with Gasteiger partial charge in [-0.2, -0.15) is 0 Å². The first-order valence-corrected chi connectivity index (χ1v) is 6.65. The fourth-order valence-electron chi connectivity index (χ4n) is 1.48. The lowest BCUT2D eigenvalue weighted by Gasteiger charge is -2.08. The van der Waals surface area contributed by atoms with Crippen LogP contribution in [0.5, 0.6) is 11.5 Å². The summed E-state index contributed by atoms with van der Waals surface area (Å²) in [6, 6.07) is 14.6. The van der Waals surface area contributed by atoms with Crippen LogP contribution in [0.1, 0.15) is 10.4 Å². The van der Waals surface area contributed by atoms with Crippen molar-refractivity contribution in [1.82, 2.24) is 0 Å². The SMILES string of the molecule is O=C(CCl)c1cc(Oc2ccccc2)ccc1Br. The molecule has 0 saturated carbocycles. The predicted molar refractivity (Wildman–Crippen MR) is 75.7 cm³/mol. The number of halogens is 2. The number of benzene rings is 2. The van der Waals surface area contributed by atoms with Crippen LogP contribution in [0.2, 0.25) is 0 Å². The first kappa shape index (κ1) is 13.1. The summed E-state index contributed by atoms with van der Waals surface area (Å²) in [5, 5.41) is 0. The zero-order valence-corrected chi connectivity index (χ0v) is 11.7. The Morgan fingerprint density at radius 2 is 1.83 bits per heavy atom. The van der Waals surface area contributed by atoms with E-state index in [-0.39, 0.29) is 11.7 Å². The van der Waals surface area contributed by atoms with Gasteiger partial charge >= 0.3 is 0 Å². The highest BCUT2D eigenvalue weighted by Gasteiger charge is 2.10. The van der Waals surface area contributed by atoms with Crippen molar-refractivity contribution in [3.8, 4) is 11.5 Å². The Hall–Kier alpha value is -1.32. The largest absolute Gasteiger partial charge is 0.457 e. The molecule has 0 amide bonds. The molecule has 0 aliphatic carbocycles. The molecule has 0 heterocycles. The second kappa shape index (κ2) is 6.03. The van der Waals surface area contributed by atoms with Gasteiger partial charge in [-0.1, -0.05) is 34.1 Å². The summed E-state index contributed by atoms with van der Waals surface area (Å²) in [4.78, 5) is 11.6. The molecule has 0 fully saturated rings. The molecule has 2 rings (SSSR count). The topological polar surface area (TPSA) is 26.3 Å². The van der Waals surface area contributed by atoms with E-state index < -0.39 is 0 Å². The maximum Gasteiger partial charge on any atom is 0.178 e. The minimum Gasteiger partial charge on any atom is -0.457 e. The first-order valence-electron chi connectivity index (χ1n) is 5.32. The number of hydrogen-bond acceptors (Lipinski definition) is 2. The Morgan fingerprint density at radius 3 is 2.50 bits per heavy atom. The van der Waals surface area contributed by atoms with Gasteiger partial charge in [-0.05, 0) is 30.3 Å². The molecule has 0 aromatic heterocycles. The summed E-state index contributed by atoms with van der Waals surface area (Å²) in [5.74, 6) is 1.15. The molecule has 0 bridgehead atoms. The van der Waals surface area contributed by atoms with Crippen LogP contribution in [-0.4, -0.2) is 11.7 Å². The molecular weight excluding hydrogens is 316 g/mol. The van der Waals surface area contributed by atoms with E-state index in [2.05, 4.69) is 15.9 Å². The van der Waals surface area contributed by atoms with E-state index in [9.17, 15) is 4.79 Å². The minimum absolute atomic E-state index is 0.0482. The van der Waals surface area contributed by atoms with Gasteiger partial charge in [0.2, 0.25) is 0 Å². The van der Waals surface area contributed by atoms with E-state index >= 15 is 0 Å². The Labute approximate surface area is 119 Å². The van der Waals surface area contributed by atoms with Gasteiger partial charge in [-0.3, -0.25) is 4.79 Å². The quantitative estimate of drug-likeness (QED) is 0.603. The molecule has 0 spiro atoms. The molecule has 0 aliphatic heterocycles. The molecule has 0 atom stereocenters. The molecule has 0 unspecified atom stereocenters. The van der Waals surface area contributed by atoms with Gasteiger partial charge in [0.25, 0.3) is 0 Å². The number of ether oxygens (including phenoxy) is 1. The van der Waals surface area contributed by atoms with Crippen molar-refractivity contribution in [3.05, 3.63) is 58.6 Å². The zero-order valence-electron chi connectivity index (χ0n) is 9.40. The van der Waals surface area contributed by atoms with Crippen LogP contribution in [0.25, 0.3) is 0 Å². The second-order valence-electron chi connectivity index (χ2n) is 3.61. The number of rotatable bonds is 4. The maximum absolute atomic E-state index is 11.6. The zero-order chi connectivity index (χ0) is 13.0.